The van der Waals surface area contributed by atoms with Crippen LogP contribution in [0.2, 0.25) is 0 Å². The van der Waals surface area contributed by atoms with Crippen molar-refractivity contribution in [2.75, 3.05) is 13.7 Å². The van der Waals surface area contributed by atoms with E-state index in [2.05, 4.69) is 4.74 Å². The summed E-state index contributed by atoms with van der Waals surface area (Å²) in [5.41, 5.74) is 0.950. The van der Waals surface area contributed by atoms with Crippen LogP contribution >= 0.6 is 0 Å². The molecule has 1 unspecified atom stereocenters. The molecular weight excluding hydrogens is 218 g/mol. The van der Waals surface area contributed by atoms with Crippen molar-refractivity contribution in [3.8, 4) is 0 Å². The number of methoxy groups -OCH3 is 1. The van der Waals surface area contributed by atoms with E-state index in [1.54, 1.807) is 17.9 Å². The van der Waals surface area contributed by atoms with Gasteiger partial charge < -0.3 is 9.64 Å². The smallest absolute Gasteiger partial charge is 0.310 e. The molecule has 0 N–H and O–H groups in total. The van der Waals surface area contributed by atoms with Gasteiger partial charge in [0.1, 0.15) is 0 Å². The Balaban J connectivity index is 4.71. The van der Waals surface area contributed by atoms with Gasteiger partial charge in [-0.2, -0.15) is 0 Å². The van der Waals surface area contributed by atoms with Crippen LogP contribution in [0.15, 0.2) is 11.6 Å². The van der Waals surface area contributed by atoms with Crippen LogP contribution in [-0.2, 0) is 14.3 Å². The summed E-state index contributed by atoms with van der Waals surface area (Å²) in [7, 11) is 1.36. The lowest BCUT2D eigenvalue weighted by Crippen LogP contribution is -2.41. The maximum atomic E-state index is 11.9. The molecule has 0 aromatic carbocycles. The molecule has 0 heterocycles. The topological polar surface area (TPSA) is 46.6 Å². The molecule has 0 spiro atoms. The summed E-state index contributed by atoms with van der Waals surface area (Å²) in [6.07, 6.45) is 1.59. The summed E-state index contributed by atoms with van der Waals surface area (Å²) >= 11 is 0. The van der Waals surface area contributed by atoms with Crippen LogP contribution in [0.5, 0.6) is 0 Å². The van der Waals surface area contributed by atoms with Crippen LogP contribution in [0.4, 0.5) is 0 Å². The number of carbonyl (C=O) groups excluding carboxylic acids is 2. The first-order chi connectivity index (χ1) is 7.79. The second-order valence-electron chi connectivity index (χ2n) is 4.73. The Hall–Kier alpha value is -1.32. The van der Waals surface area contributed by atoms with Crippen molar-refractivity contribution in [3.63, 3.8) is 0 Å². The van der Waals surface area contributed by atoms with Gasteiger partial charge in [0.15, 0.2) is 0 Å². The Morgan fingerprint density at radius 1 is 1.24 bits per heavy atom. The molecule has 17 heavy (non-hydrogen) atoms. The maximum absolute atomic E-state index is 11.9. The third-order valence-electron chi connectivity index (χ3n) is 2.39. The van der Waals surface area contributed by atoms with Crippen molar-refractivity contribution < 1.29 is 14.3 Å². The van der Waals surface area contributed by atoms with Crippen molar-refractivity contribution in [2.45, 2.75) is 40.7 Å². The minimum Gasteiger partial charge on any atom is -0.469 e. The number of nitrogens with zero attached hydrogens (tertiary/aromatic N) is 1. The first-order valence-corrected chi connectivity index (χ1v) is 5.82. The lowest BCUT2D eigenvalue weighted by molar-refractivity contribution is -0.146. The molecule has 1 atom stereocenters. The lowest BCUT2D eigenvalue weighted by Gasteiger charge is -2.27. The summed E-state index contributed by atoms with van der Waals surface area (Å²) in [6.45, 7) is 9.76. The van der Waals surface area contributed by atoms with Crippen LogP contribution in [0, 0.1) is 5.92 Å². The Bertz CT molecular complexity index is 304. The molecule has 0 aromatic rings. The number of amides is 1. The van der Waals surface area contributed by atoms with Gasteiger partial charge in [0.25, 0.3) is 0 Å². The third-order valence-corrected chi connectivity index (χ3v) is 2.39. The molecule has 0 saturated carbocycles. The lowest BCUT2D eigenvalue weighted by atomic mass is 10.1. The van der Waals surface area contributed by atoms with Gasteiger partial charge in [-0.25, -0.2) is 0 Å². The van der Waals surface area contributed by atoms with Crippen molar-refractivity contribution >= 4 is 11.9 Å². The zero-order chi connectivity index (χ0) is 13.6. The number of rotatable bonds is 5. The van der Waals surface area contributed by atoms with Gasteiger partial charge in [0, 0.05) is 18.7 Å². The van der Waals surface area contributed by atoms with E-state index < -0.39 is 0 Å². The molecule has 0 aliphatic rings. The van der Waals surface area contributed by atoms with E-state index in [0.717, 1.165) is 5.57 Å². The molecule has 0 saturated heterocycles. The van der Waals surface area contributed by atoms with Crippen LogP contribution < -0.4 is 0 Å². The number of esters is 1. The number of hydrogen-bond acceptors (Lipinski definition) is 3. The van der Waals surface area contributed by atoms with Crippen molar-refractivity contribution in [3.05, 3.63) is 11.6 Å². The zero-order valence-corrected chi connectivity index (χ0v) is 11.6. The average Bonchev–Trinajstić information content (AvgIpc) is 2.22. The first kappa shape index (κ1) is 15.7. The van der Waals surface area contributed by atoms with Crippen molar-refractivity contribution in [1.82, 2.24) is 4.90 Å². The summed E-state index contributed by atoms with van der Waals surface area (Å²) in [5.74, 6) is -0.659. The Morgan fingerprint density at radius 3 is 2.12 bits per heavy atom. The highest BCUT2D eigenvalue weighted by molar-refractivity contribution is 5.88. The fourth-order valence-corrected chi connectivity index (χ4v) is 1.46. The monoisotopic (exact) mass is 241 g/mol. The number of carbonyl (C=O) groups is 2. The molecule has 98 valence electrons. The third kappa shape index (κ3) is 5.52. The van der Waals surface area contributed by atoms with Crippen LogP contribution in [0.3, 0.4) is 0 Å². The second-order valence-corrected chi connectivity index (χ2v) is 4.73. The highest BCUT2D eigenvalue weighted by Gasteiger charge is 2.22. The fraction of sp³-hybridized carbons (Fsp3) is 0.692. The van der Waals surface area contributed by atoms with Crippen molar-refractivity contribution in [2.24, 2.45) is 5.92 Å². The summed E-state index contributed by atoms with van der Waals surface area (Å²) < 4.78 is 4.66. The number of allylic oxidation sites excluding steroid dienone is 1. The Morgan fingerprint density at radius 2 is 1.76 bits per heavy atom. The minimum atomic E-state index is -0.308. The molecule has 0 fully saturated rings. The zero-order valence-electron chi connectivity index (χ0n) is 11.6. The molecule has 4 nitrogen and oxygen atoms in total. The average molecular weight is 241 g/mol. The van der Waals surface area contributed by atoms with E-state index in [9.17, 15) is 9.59 Å². The van der Waals surface area contributed by atoms with E-state index >= 15 is 0 Å². The standard InChI is InChI=1S/C13H23NO3/c1-9(2)7-12(15)14(10(3)4)8-11(5)13(16)17-6/h7,10-11H,8H2,1-6H3. The Kier molecular flexibility index (Phi) is 6.54. The molecule has 0 rings (SSSR count). The largest absolute Gasteiger partial charge is 0.469 e. The predicted molar refractivity (Wildman–Crippen MR) is 67.5 cm³/mol. The first-order valence-electron chi connectivity index (χ1n) is 5.82. The maximum Gasteiger partial charge on any atom is 0.310 e. The number of hydrogen-bond donors (Lipinski definition) is 0. The van der Waals surface area contributed by atoms with Crippen LogP contribution in [0.1, 0.15) is 34.6 Å². The SMILES string of the molecule is COC(=O)C(C)CN(C(=O)C=C(C)C)C(C)C. The van der Waals surface area contributed by atoms with Gasteiger partial charge >= 0.3 is 5.97 Å². The van der Waals surface area contributed by atoms with Gasteiger partial charge in [-0.3, -0.25) is 9.59 Å². The molecular formula is C13H23NO3. The normalized spacial score (nSPS) is 11.9. The van der Waals surface area contributed by atoms with Gasteiger partial charge in [-0.15, -0.1) is 0 Å². The summed E-state index contributed by atoms with van der Waals surface area (Å²) in [6, 6.07) is 0.0604. The molecule has 0 radical (unpaired) electrons. The Labute approximate surface area is 104 Å². The minimum absolute atomic E-state index is 0.0595. The summed E-state index contributed by atoms with van der Waals surface area (Å²) in [5, 5.41) is 0. The molecule has 0 aromatic heterocycles. The van der Waals surface area contributed by atoms with E-state index in [1.807, 2.05) is 27.7 Å². The highest BCUT2D eigenvalue weighted by atomic mass is 16.5. The van der Waals surface area contributed by atoms with Gasteiger partial charge in [-0.1, -0.05) is 12.5 Å². The van der Waals surface area contributed by atoms with Crippen LogP contribution in [-0.4, -0.2) is 36.5 Å². The second kappa shape index (κ2) is 7.09. The fourth-order valence-electron chi connectivity index (χ4n) is 1.46. The van der Waals surface area contributed by atoms with E-state index in [0.29, 0.717) is 6.54 Å². The summed E-state index contributed by atoms with van der Waals surface area (Å²) in [4.78, 5) is 25.0. The van der Waals surface area contributed by atoms with Gasteiger partial charge in [0.2, 0.25) is 5.91 Å². The molecule has 0 aliphatic carbocycles. The van der Waals surface area contributed by atoms with Crippen molar-refractivity contribution in [1.29, 1.82) is 0 Å². The van der Waals surface area contributed by atoms with E-state index in [-0.39, 0.29) is 23.8 Å². The predicted octanol–water partition coefficient (Wildman–Crippen LogP) is 2.00. The molecule has 0 aliphatic heterocycles. The highest BCUT2D eigenvalue weighted by Crippen LogP contribution is 2.08. The van der Waals surface area contributed by atoms with Gasteiger partial charge in [-0.05, 0) is 27.7 Å². The van der Waals surface area contributed by atoms with E-state index in [1.165, 1.54) is 7.11 Å². The quantitative estimate of drug-likeness (QED) is 0.546. The molecule has 0 bridgehead atoms. The van der Waals surface area contributed by atoms with Gasteiger partial charge in [0.05, 0.1) is 13.0 Å². The van der Waals surface area contributed by atoms with E-state index in [4.69, 9.17) is 0 Å². The number of ether oxygens (including phenoxy) is 1. The molecule has 4 heteroatoms. The van der Waals surface area contributed by atoms with Crippen LogP contribution in [0.25, 0.3) is 0 Å². The molecule has 1 amide bonds.